The number of rotatable bonds is 4. The normalized spacial score (nSPS) is 18.7. The maximum Gasteiger partial charge on any atom is 0.410 e. The Morgan fingerprint density at radius 3 is 2.25 bits per heavy atom. The molecular formula is C14H26N2O4. The van der Waals surface area contributed by atoms with Crippen LogP contribution in [0.25, 0.3) is 0 Å². The molecule has 1 saturated heterocycles. The summed E-state index contributed by atoms with van der Waals surface area (Å²) in [7, 11) is 0. The van der Waals surface area contributed by atoms with E-state index in [9.17, 15) is 9.59 Å². The number of hydrogen-bond donors (Lipinski definition) is 1. The van der Waals surface area contributed by atoms with E-state index < -0.39 is 5.60 Å². The van der Waals surface area contributed by atoms with Gasteiger partial charge in [-0.25, -0.2) is 4.79 Å². The fourth-order valence-corrected chi connectivity index (χ4v) is 2.03. The fraction of sp³-hybridized carbons (Fsp3) is 0.857. The Morgan fingerprint density at radius 1 is 1.25 bits per heavy atom. The van der Waals surface area contributed by atoms with Gasteiger partial charge in [0.1, 0.15) is 5.60 Å². The average molecular weight is 286 g/mol. The van der Waals surface area contributed by atoms with Gasteiger partial charge in [0.25, 0.3) is 0 Å². The van der Waals surface area contributed by atoms with Gasteiger partial charge < -0.3 is 20.1 Å². The first-order chi connectivity index (χ1) is 9.11. The molecule has 1 heterocycles. The van der Waals surface area contributed by atoms with E-state index in [0.29, 0.717) is 19.7 Å². The van der Waals surface area contributed by atoms with Crippen molar-refractivity contribution in [2.75, 3.05) is 19.7 Å². The van der Waals surface area contributed by atoms with Gasteiger partial charge in [-0.05, 0) is 40.5 Å². The van der Waals surface area contributed by atoms with Crippen LogP contribution in [0.15, 0.2) is 0 Å². The van der Waals surface area contributed by atoms with Gasteiger partial charge in [0, 0.05) is 19.5 Å². The van der Waals surface area contributed by atoms with E-state index in [1.54, 1.807) is 4.90 Å². The molecule has 0 bridgehead atoms. The highest BCUT2D eigenvalue weighted by Crippen LogP contribution is 2.26. The summed E-state index contributed by atoms with van der Waals surface area (Å²) < 4.78 is 11.1. The van der Waals surface area contributed by atoms with Crippen molar-refractivity contribution >= 4 is 12.0 Å². The second-order valence-electron chi connectivity index (χ2n) is 6.48. The summed E-state index contributed by atoms with van der Waals surface area (Å²) in [5.74, 6) is -0.361. The highest BCUT2D eigenvalue weighted by atomic mass is 16.6. The molecule has 2 N–H and O–H groups in total. The van der Waals surface area contributed by atoms with Gasteiger partial charge >= 0.3 is 6.09 Å². The molecule has 116 valence electrons. The van der Waals surface area contributed by atoms with Gasteiger partial charge in [0.15, 0.2) is 0 Å². The number of primary amides is 1. The van der Waals surface area contributed by atoms with Crippen molar-refractivity contribution in [3.8, 4) is 0 Å². The van der Waals surface area contributed by atoms with Crippen LogP contribution in [0, 0.1) is 0 Å². The lowest BCUT2D eigenvalue weighted by Crippen LogP contribution is -2.48. The van der Waals surface area contributed by atoms with Crippen LogP contribution in [-0.4, -0.2) is 47.8 Å². The third-order valence-corrected chi connectivity index (χ3v) is 3.27. The first kappa shape index (κ1) is 16.8. The zero-order valence-electron chi connectivity index (χ0n) is 12.9. The summed E-state index contributed by atoms with van der Waals surface area (Å²) >= 11 is 0. The molecule has 1 aliphatic heterocycles. The predicted molar refractivity (Wildman–Crippen MR) is 75.2 cm³/mol. The van der Waals surface area contributed by atoms with Crippen LogP contribution in [0.4, 0.5) is 4.79 Å². The largest absolute Gasteiger partial charge is 0.444 e. The molecule has 0 atom stereocenters. The zero-order chi connectivity index (χ0) is 15.4. The van der Waals surface area contributed by atoms with E-state index >= 15 is 0 Å². The van der Waals surface area contributed by atoms with Crippen LogP contribution >= 0.6 is 0 Å². The van der Waals surface area contributed by atoms with E-state index in [1.165, 1.54) is 0 Å². The summed E-state index contributed by atoms with van der Waals surface area (Å²) in [6, 6.07) is 0. The summed E-state index contributed by atoms with van der Waals surface area (Å²) in [6.07, 6.45) is 1.40. The second-order valence-corrected chi connectivity index (χ2v) is 6.48. The number of ether oxygens (including phenoxy) is 2. The van der Waals surface area contributed by atoms with Crippen molar-refractivity contribution < 1.29 is 19.1 Å². The minimum Gasteiger partial charge on any atom is -0.444 e. The fourth-order valence-electron chi connectivity index (χ4n) is 2.03. The Kier molecular flexibility index (Phi) is 5.39. The Bertz CT molecular complexity index is 355. The van der Waals surface area contributed by atoms with Crippen LogP contribution < -0.4 is 5.73 Å². The minimum absolute atomic E-state index is 0.228. The Labute approximate surface area is 120 Å². The molecule has 0 spiro atoms. The van der Waals surface area contributed by atoms with Crippen LogP contribution in [-0.2, 0) is 14.3 Å². The summed E-state index contributed by atoms with van der Waals surface area (Å²) in [4.78, 5) is 24.3. The van der Waals surface area contributed by atoms with Crippen molar-refractivity contribution in [2.24, 2.45) is 5.73 Å². The van der Waals surface area contributed by atoms with Crippen LogP contribution in [0.5, 0.6) is 0 Å². The zero-order valence-corrected chi connectivity index (χ0v) is 12.9. The highest BCUT2D eigenvalue weighted by molar-refractivity contribution is 5.73. The smallest absolute Gasteiger partial charge is 0.410 e. The molecule has 6 heteroatoms. The van der Waals surface area contributed by atoms with Crippen molar-refractivity contribution in [3.05, 3.63) is 0 Å². The van der Waals surface area contributed by atoms with E-state index in [-0.39, 0.29) is 24.0 Å². The molecule has 1 aliphatic rings. The maximum atomic E-state index is 11.9. The van der Waals surface area contributed by atoms with Gasteiger partial charge in [0.2, 0.25) is 5.91 Å². The molecule has 0 aliphatic carbocycles. The van der Waals surface area contributed by atoms with Gasteiger partial charge in [-0.2, -0.15) is 0 Å². The van der Waals surface area contributed by atoms with Crippen LogP contribution in [0.1, 0.15) is 47.0 Å². The van der Waals surface area contributed by atoms with Gasteiger partial charge in [-0.1, -0.05) is 0 Å². The molecule has 20 heavy (non-hydrogen) atoms. The Morgan fingerprint density at radius 2 is 1.80 bits per heavy atom. The second kappa shape index (κ2) is 6.43. The van der Waals surface area contributed by atoms with E-state index in [2.05, 4.69) is 0 Å². The van der Waals surface area contributed by atoms with Gasteiger partial charge in [-0.15, -0.1) is 0 Å². The third-order valence-electron chi connectivity index (χ3n) is 3.27. The highest BCUT2D eigenvalue weighted by Gasteiger charge is 2.34. The summed E-state index contributed by atoms with van der Waals surface area (Å²) in [6.45, 7) is 9.09. The third kappa shape index (κ3) is 5.77. The number of nitrogens with two attached hydrogens (primary N) is 1. The number of carbonyl (C=O) groups excluding carboxylic acids is 2. The monoisotopic (exact) mass is 286 g/mol. The SMILES string of the molecule is CC(C)(C)OC(=O)N1CCC(C)(OCCC(N)=O)CC1. The Hall–Kier alpha value is -1.30. The molecular weight excluding hydrogens is 260 g/mol. The van der Waals surface area contributed by atoms with Gasteiger partial charge in [-0.3, -0.25) is 4.79 Å². The van der Waals surface area contributed by atoms with Crippen LogP contribution in [0.3, 0.4) is 0 Å². The van der Waals surface area contributed by atoms with Crippen molar-refractivity contribution in [3.63, 3.8) is 0 Å². The lowest BCUT2D eigenvalue weighted by atomic mass is 9.93. The molecule has 2 amide bonds. The van der Waals surface area contributed by atoms with Crippen molar-refractivity contribution in [2.45, 2.75) is 58.2 Å². The first-order valence-electron chi connectivity index (χ1n) is 7.01. The molecule has 0 aromatic carbocycles. The number of amides is 2. The molecule has 0 radical (unpaired) electrons. The van der Waals surface area contributed by atoms with E-state index in [4.69, 9.17) is 15.2 Å². The van der Waals surface area contributed by atoms with Crippen molar-refractivity contribution in [1.29, 1.82) is 0 Å². The lowest BCUT2D eigenvalue weighted by molar-refractivity contribution is -0.122. The van der Waals surface area contributed by atoms with E-state index in [1.807, 2.05) is 27.7 Å². The standard InChI is InChI=1S/C14H26N2O4/c1-13(2,3)20-12(18)16-8-6-14(4,7-9-16)19-10-5-11(15)17/h5-10H2,1-4H3,(H2,15,17). The number of hydrogen-bond acceptors (Lipinski definition) is 4. The predicted octanol–water partition coefficient (Wildman–Crippen LogP) is 1.67. The number of likely N-dealkylation sites (tertiary alicyclic amines) is 1. The lowest BCUT2D eigenvalue weighted by Gasteiger charge is -2.39. The molecule has 0 aromatic rings. The van der Waals surface area contributed by atoms with Crippen LogP contribution in [0.2, 0.25) is 0 Å². The minimum atomic E-state index is -0.476. The molecule has 1 fully saturated rings. The Balaban J connectivity index is 2.38. The number of piperidine rings is 1. The summed E-state index contributed by atoms with van der Waals surface area (Å²) in [5.41, 5.74) is 4.31. The number of carbonyl (C=O) groups is 2. The molecule has 0 saturated carbocycles. The summed E-state index contributed by atoms with van der Waals surface area (Å²) in [5, 5.41) is 0. The molecule has 0 unspecified atom stereocenters. The maximum absolute atomic E-state index is 11.9. The first-order valence-corrected chi connectivity index (χ1v) is 7.01. The van der Waals surface area contributed by atoms with Crippen molar-refractivity contribution in [1.82, 2.24) is 4.90 Å². The van der Waals surface area contributed by atoms with E-state index in [0.717, 1.165) is 12.8 Å². The topological polar surface area (TPSA) is 81.9 Å². The quantitative estimate of drug-likeness (QED) is 0.852. The molecule has 6 nitrogen and oxygen atoms in total. The average Bonchev–Trinajstić information content (AvgIpc) is 2.26. The molecule has 0 aromatic heterocycles. The van der Waals surface area contributed by atoms with Gasteiger partial charge in [0.05, 0.1) is 12.2 Å². The molecule has 1 rings (SSSR count). The number of nitrogens with zero attached hydrogens (tertiary/aromatic N) is 1.